The van der Waals surface area contributed by atoms with Gasteiger partial charge in [0.25, 0.3) is 15.6 Å². The molecule has 1 N–H and O–H groups in total. The van der Waals surface area contributed by atoms with Gasteiger partial charge in [-0.05, 0) is 38.5 Å². The third kappa shape index (κ3) is 3.92. The summed E-state index contributed by atoms with van der Waals surface area (Å²) in [5.74, 6) is 0. The number of rotatable bonds is 5. The second kappa shape index (κ2) is 7.93. The molecule has 0 saturated carbocycles. The third-order valence-electron chi connectivity index (χ3n) is 5.32. The van der Waals surface area contributed by atoms with Crippen molar-refractivity contribution in [3.8, 4) is 10.4 Å². The normalized spacial score (nSPS) is 23.8. The zero-order chi connectivity index (χ0) is 20.8. The molecule has 0 aliphatic carbocycles. The van der Waals surface area contributed by atoms with Gasteiger partial charge in [-0.25, -0.2) is 8.42 Å². The molecule has 0 amide bonds. The molecular formula is C19H25N3O5S2. The van der Waals surface area contributed by atoms with Crippen LogP contribution in [0.2, 0.25) is 0 Å². The van der Waals surface area contributed by atoms with Crippen LogP contribution in [0.5, 0.6) is 0 Å². The predicted octanol–water partition coefficient (Wildman–Crippen LogP) is 1.96. The zero-order valence-electron chi connectivity index (χ0n) is 16.7. The van der Waals surface area contributed by atoms with E-state index in [0.29, 0.717) is 42.4 Å². The standard InChI is InChI=1S/C19H25N3O5S2/c1-4-14-11-15(12(2)20-18(14)23)16-5-6-17(28-16)29(24,25)22-9-7-21(8-10-22)19-26-13(3)27-19/h5-6,11,13,19H,4,7-10H2,1-3H3,(H,20,23). The molecule has 0 spiro atoms. The van der Waals surface area contributed by atoms with Crippen molar-refractivity contribution >= 4 is 21.4 Å². The number of aromatic amines is 1. The summed E-state index contributed by atoms with van der Waals surface area (Å²) in [6.07, 6.45) is 0.0615. The number of aromatic nitrogens is 1. The highest BCUT2D eigenvalue weighted by atomic mass is 32.2. The maximum Gasteiger partial charge on any atom is 0.252 e. The van der Waals surface area contributed by atoms with Gasteiger partial charge in [0, 0.05) is 47.9 Å². The minimum Gasteiger partial charge on any atom is -0.326 e. The molecule has 0 atom stereocenters. The number of thiophene rings is 1. The molecule has 158 valence electrons. The van der Waals surface area contributed by atoms with Crippen molar-refractivity contribution in [1.82, 2.24) is 14.2 Å². The predicted molar refractivity (Wildman–Crippen MR) is 110 cm³/mol. The first-order chi connectivity index (χ1) is 13.8. The van der Waals surface area contributed by atoms with E-state index in [4.69, 9.17) is 9.47 Å². The molecule has 29 heavy (non-hydrogen) atoms. The van der Waals surface area contributed by atoms with Crippen LogP contribution < -0.4 is 5.56 Å². The Bertz CT molecular complexity index is 1050. The van der Waals surface area contributed by atoms with Crippen LogP contribution in [0.3, 0.4) is 0 Å². The number of H-pyrrole nitrogens is 1. The first kappa shape index (κ1) is 20.7. The number of aryl methyl sites for hydroxylation is 2. The van der Waals surface area contributed by atoms with E-state index in [2.05, 4.69) is 4.98 Å². The van der Waals surface area contributed by atoms with E-state index in [0.717, 1.165) is 16.1 Å². The fourth-order valence-corrected chi connectivity index (χ4v) is 6.54. The molecular weight excluding hydrogens is 414 g/mol. The van der Waals surface area contributed by atoms with Crippen LogP contribution >= 0.6 is 11.3 Å². The molecule has 2 aromatic heterocycles. The molecule has 0 aromatic carbocycles. The van der Waals surface area contributed by atoms with Crippen molar-refractivity contribution in [2.24, 2.45) is 0 Å². The highest BCUT2D eigenvalue weighted by molar-refractivity contribution is 7.91. The number of ether oxygens (including phenoxy) is 2. The quantitative estimate of drug-likeness (QED) is 0.766. The van der Waals surface area contributed by atoms with Gasteiger partial charge in [0.05, 0.1) is 0 Å². The van der Waals surface area contributed by atoms with Gasteiger partial charge in [0.15, 0.2) is 6.29 Å². The van der Waals surface area contributed by atoms with Crippen molar-refractivity contribution in [2.75, 3.05) is 26.2 Å². The van der Waals surface area contributed by atoms with Crippen LogP contribution in [0, 0.1) is 6.92 Å². The molecule has 4 heterocycles. The number of piperazine rings is 1. The number of nitrogens with zero attached hydrogens (tertiary/aromatic N) is 2. The molecule has 4 rings (SSSR count). The molecule has 10 heteroatoms. The monoisotopic (exact) mass is 439 g/mol. The second-order valence-electron chi connectivity index (χ2n) is 7.22. The van der Waals surface area contributed by atoms with Crippen LogP contribution in [0.15, 0.2) is 27.2 Å². The maximum absolute atomic E-state index is 13.1. The largest absolute Gasteiger partial charge is 0.326 e. The summed E-state index contributed by atoms with van der Waals surface area (Å²) in [5, 5.41) is 0. The lowest BCUT2D eigenvalue weighted by Crippen LogP contribution is -2.58. The van der Waals surface area contributed by atoms with E-state index < -0.39 is 10.0 Å². The Morgan fingerprint density at radius 3 is 2.52 bits per heavy atom. The number of hydrogen-bond donors (Lipinski definition) is 1. The van der Waals surface area contributed by atoms with Crippen LogP contribution in [0.25, 0.3) is 10.4 Å². The number of sulfonamides is 1. The molecule has 2 aliphatic rings. The second-order valence-corrected chi connectivity index (χ2v) is 10.5. The van der Waals surface area contributed by atoms with E-state index in [9.17, 15) is 13.2 Å². The average molecular weight is 440 g/mol. The number of pyridine rings is 1. The Morgan fingerprint density at radius 2 is 1.90 bits per heavy atom. The summed E-state index contributed by atoms with van der Waals surface area (Å²) in [6, 6.07) is 5.32. The van der Waals surface area contributed by atoms with Crippen molar-refractivity contribution in [3.63, 3.8) is 0 Å². The summed E-state index contributed by atoms with van der Waals surface area (Å²) in [6.45, 7) is 7.50. The highest BCUT2D eigenvalue weighted by Crippen LogP contribution is 2.34. The van der Waals surface area contributed by atoms with Crippen LogP contribution in [0.4, 0.5) is 0 Å². The molecule has 2 fully saturated rings. The zero-order valence-corrected chi connectivity index (χ0v) is 18.3. The van der Waals surface area contributed by atoms with Crippen molar-refractivity contribution in [1.29, 1.82) is 0 Å². The Morgan fingerprint density at radius 1 is 1.21 bits per heavy atom. The minimum atomic E-state index is -3.56. The Hall–Kier alpha value is -1.56. The lowest BCUT2D eigenvalue weighted by atomic mass is 10.1. The highest BCUT2D eigenvalue weighted by Gasteiger charge is 2.37. The molecule has 2 aliphatic heterocycles. The van der Waals surface area contributed by atoms with E-state index in [-0.39, 0.29) is 18.3 Å². The topological polar surface area (TPSA) is 91.9 Å². The summed E-state index contributed by atoms with van der Waals surface area (Å²) < 4.78 is 39.0. The fraction of sp³-hybridized carbons (Fsp3) is 0.526. The van der Waals surface area contributed by atoms with Crippen molar-refractivity contribution in [2.45, 2.75) is 44.1 Å². The smallest absolute Gasteiger partial charge is 0.252 e. The van der Waals surface area contributed by atoms with Gasteiger partial charge < -0.3 is 14.5 Å². The van der Waals surface area contributed by atoms with Crippen molar-refractivity contribution < 1.29 is 17.9 Å². The summed E-state index contributed by atoms with van der Waals surface area (Å²) in [4.78, 5) is 17.7. The Balaban J connectivity index is 1.51. The SMILES string of the molecule is CCc1cc(-c2ccc(S(=O)(=O)N3CCN(C4OC(C)O4)CC3)s2)c(C)[nH]c1=O. The van der Waals surface area contributed by atoms with E-state index in [1.807, 2.05) is 37.8 Å². The minimum absolute atomic E-state index is 0.0927. The number of hydrogen-bond acceptors (Lipinski definition) is 7. The molecule has 8 nitrogen and oxygen atoms in total. The van der Waals surface area contributed by atoms with Gasteiger partial charge in [-0.1, -0.05) is 6.92 Å². The molecule has 2 aromatic rings. The molecule has 0 unspecified atom stereocenters. The van der Waals surface area contributed by atoms with Crippen LogP contribution in [-0.2, 0) is 25.9 Å². The average Bonchev–Trinajstić information content (AvgIpc) is 3.16. The Kier molecular flexibility index (Phi) is 5.66. The molecule has 2 saturated heterocycles. The fourth-order valence-electron chi connectivity index (χ4n) is 3.58. The van der Waals surface area contributed by atoms with Crippen LogP contribution in [0.1, 0.15) is 25.1 Å². The lowest BCUT2D eigenvalue weighted by Gasteiger charge is -2.44. The summed E-state index contributed by atoms with van der Waals surface area (Å²) >= 11 is 1.23. The lowest BCUT2D eigenvalue weighted by molar-refractivity contribution is -0.423. The maximum atomic E-state index is 13.1. The number of nitrogens with one attached hydrogen (secondary N) is 1. The van der Waals surface area contributed by atoms with Gasteiger partial charge in [0.1, 0.15) is 4.21 Å². The van der Waals surface area contributed by atoms with E-state index >= 15 is 0 Å². The Labute approximate surface area is 174 Å². The summed E-state index contributed by atoms with van der Waals surface area (Å²) in [7, 11) is -3.56. The first-order valence-electron chi connectivity index (χ1n) is 9.67. The molecule has 0 radical (unpaired) electrons. The third-order valence-corrected chi connectivity index (χ3v) is 8.81. The van der Waals surface area contributed by atoms with Gasteiger partial charge >= 0.3 is 0 Å². The van der Waals surface area contributed by atoms with Gasteiger partial charge in [-0.15, -0.1) is 11.3 Å². The van der Waals surface area contributed by atoms with Gasteiger partial charge in [-0.2, -0.15) is 4.31 Å². The molecule has 0 bridgehead atoms. The van der Waals surface area contributed by atoms with Crippen LogP contribution in [-0.4, -0.2) is 61.5 Å². The van der Waals surface area contributed by atoms with E-state index in [1.165, 1.54) is 15.6 Å². The van der Waals surface area contributed by atoms with Gasteiger partial charge in [0.2, 0.25) is 6.41 Å². The van der Waals surface area contributed by atoms with Crippen molar-refractivity contribution in [3.05, 3.63) is 39.8 Å². The van der Waals surface area contributed by atoms with Gasteiger partial charge in [-0.3, -0.25) is 9.69 Å². The van der Waals surface area contributed by atoms with E-state index in [1.54, 1.807) is 6.07 Å². The first-order valence-corrected chi connectivity index (χ1v) is 11.9. The summed E-state index contributed by atoms with van der Waals surface area (Å²) in [5.41, 5.74) is 2.20.